The molecule has 1 fully saturated rings. The van der Waals surface area contributed by atoms with E-state index in [1.54, 1.807) is 6.08 Å². The first-order valence-electron chi connectivity index (χ1n) is 9.84. The second kappa shape index (κ2) is 9.57. The SMILES string of the molecule is C=CC1CCOC(OC(C)c2cc(C(F)(F)F)cc(C(F)(F)F)c2)C1c1cccc(Br)c1. The summed E-state index contributed by atoms with van der Waals surface area (Å²) in [5.41, 5.74) is -2.13. The van der Waals surface area contributed by atoms with Crippen LogP contribution >= 0.6 is 15.9 Å². The lowest BCUT2D eigenvalue weighted by Crippen LogP contribution is -2.36. The Balaban J connectivity index is 1.95. The molecule has 0 aliphatic carbocycles. The summed E-state index contributed by atoms with van der Waals surface area (Å²) in [4.78, 5) is 0. The van der Waals surface area contributed by atoms with Crippen LogP contribution in [0.5, 0.6) is 0 Å². The molecule has 0 bridgehead atoms. The molecule has 0 saturated carbocycles. The van der Waals surface area contributed by atoms with Crippen LogP contribution in [0, 0.1) is 5.92 Å². The van der Waals surface area contributed by atoms with Gasteiger partial charge in [-0.2, -0.15) is 26.3 Å². The summed E-state index contributed by atoms with van der Waals surface area (Å²) in [7, 11) is 0. The summed E-state index contributed by atoms with van der Waals surface area (Å²) in [5, 5.41) is 0. The molecule has 1 aliphatic rings. The van der Waals surface area contributed by atoms with Crippen molar-refractivity contribution in [2.24, 2.45) is 5.92 Å². The average molecular weight is 523 g/mol. The van der Waals surface area contributed by atoms with Crippen LogP contribution in [-0.4, -0.2) is 12.9 Å². The molecule has 2 aromatic carbocycles. The molecular formula is C23H21BrF6O2. The van der Waals surface area contributed by atoms with E-state index in [9.17, 15) is 26.3 Å². The third-order valence-corrected chi connectivity index (χ3v) is 5.94. The fourth-order valence-electron chi connectivity index (χ4n) is 3.81. The zero-order chi connectivity index (χ0) is 23.7. The van der Waals surface area contributed by atoms with Crippen LogP contribution in [0.15, 0.2) is 59.6 Å². The van der Waals surface area contributed by atoms with Crippen molar-refractivity contribution in [1.29, 1.82) is 0 Å². The lowest BCUT2D eigenvalue weighted by atomic mass is 9.82. The van der Waals surface area contributed by atoms with Crippen LogP contribution in [-0.2, 0) is 21.8 Å². The molecule has 1 aliphatic heterocycles. The Labute approximate surface area is 190 Å². The average Bonchev–Trinajstić information content (AvgIpc) is 2.72. The van der Waals surface area contributed by atoms with Crippen LogP contribution < -0.4 is 0 Å². The molecule has 4 atom stereocenters. The third kappa shape index (κ3) is 5.74. The lowest BCUT2D eigenvalue weighted by Gasteiger charge is -2.38. The summed E-state index contributed by atoms with van der Waals surface area (Å²) in [5.74, 6) is -0.364. The van der Waals surface area contributed by atoms with Gasteiger partial charge in [-0.05, 0) is 60.7 Å². The summed E-state index contributed by atoms with van der Waals surface area (Å²) in [6.45, 7) is 5.60. The first-order valence-corrected chi connectivity index (χ1v) is 10.6. The van der Waals surface area contributed by atoms with Crippen LogP contribution in [0.1, 0.15) is 47.6 Å². The molecule has 9 heteroatoms. The Kier molecular flexibility index (Phi) is 7.41. The molecule has 1 heterocycles. The van der Waals surface area contributed by atoms with Gasteiger partial charge in [0.25, 0.3) is 0 Å². The maximum absolute atomic E-state index is 13.2. The second-order valence-electron chi connectivity index (χ2n) is 7.63. The second-order valence-corrected chi connectivity index (χ2v) is 8.54. The van der Waals surface area contributed by atoms with E-state index >= 15 is 0 Å². The topological polar surface area (TPSA) is 18.5 Å². The fourth-order valence-corrected chi connectivity index (χ4v) is 4.22. The number of hydrogen-bond donors (Lipinski definition) is 0. The number of benzene rings is 2. The molecule has 32 heavy (non-hydrogen) atoms. The molecule has 4 unspecified atom stereocenters. The number of halogens is 7. The van der Waals surface area contributed by atoms with E-state index in [1.165, 1.54) is 6.92 Å². The first kappa shape index (κ1) is 24.8. The van der Waals surface area contributed by atoms with Gasteiger partial charge in [-0.25, -0.2) is 0 Å². The highest BCUT2D eigenvalue weighted by Crippen LogP contribution is 2.42. The molecule has 0 aromatic heterocycles. The summed E-state index contributed by atoms with van der Waals surface area (Å²) < 4.78 is 91.9. The molecule has 2 aromatic rings. The standard InChI is InChI=1S/C23H21BrF6O2/c1-3-14-7-8-31-21(20(14)15-5-4-6-19(24)11-15)32-13(2)16-9-17(22(25,26)27)12-18(10-16)23(28,29)30/h3-6,9-14,20-21H,1,7-8H2,2H3. The summed E-state index contributed by atoms with van der Waals surface area (Å²) >= 11 is 3.41. The van der Waals surface area contributed by atoms with E-state index in [4.69, 9.17) is 9.47 Å². The van der Waals surface area contributed by atoms with E-state index in [-0.39, 0.29) is 23.5 Å². The molecule has 0 radical (unpaired) electrons. The van der Waals surface area contributed by atoms with Gasteiger partial charge in [0.2, 0.25) is 0 Å². The maximum atomic E-state index is 13.2. The van der Waals surface area contributed by atoms with Crippen LogP contribution in [0.4, 0.5) is 26.3 Å². The highest BCUT2D eigenvalue weighted by atomic mass is 79.9. The minimum Gasteiger partial charge on any atom is -0.352 e. The molecule has 0 spiro atoms. The fraction of sp³-hybridized carbons (Fsp3) is 0.391. The van der Waals surface area contributed by atoms with Crippen molar-refractivity contribution in [1.82, 2.24) is 0 Å². The van der Waals surface area contributed by atoms with Gasteiger partial charge in [0, 0.05) is 10.4 Å². The predicted molar refractivity (Wildman–Crippen MR) is 111 cm³/mol. The number of allylic oxidation sites excluding steroid dienone is 1. The number of ether oxygens (including phenoxy) is 2. The Morgan fingerprint density at radius 2 is 1.69 bits per heavy atom. The largest absolute Gasteiger partial charge is 0.416 e. The minimum atomic E-state index is -4.93. The van der Waals surface area contributed by atoms with Gasteiger partial charge >= 0.3 is 12.4 Å². The van der Waals surface area contributed by atoms with Gasteiger partial charge in [0.05, 0.1) is 23.8 Å². The van der Waals surface area contributed by atoms with E-state index < -0.39 is 35.9 Å². The minimum absolute atomic E-state index is 0.0394. The smallest absolute Gasteiger partial charge is 0.352 e. The van der Waals surface area contributed by atoms with Crippen molar-refractivity contribution in [3.63, 3.8) is 0 Å². The third-order valence-electron chi connectivity index (χ3n) is 5.44. The van der Waals surface area contributed by atoms with Gasteiger partial charge in [0.1, 0.15) is 0 Å². The molecular weight excluding hydrogens is 502 g/mol. The van der Waals surface area contributed by atoms with Gasteiger partial charge < -0.3 is 9.47 Å². The molecule has 174 valence electrons. The van der Waals surface area contributed by atoms with Crippen LogP contribution in [0.3, 0.4) is 0 Å². The quantitative estimate of drug-likeness (QED) is 0.293. The highest BCUT2D eigenvalue weighted by Gasteiger charge is 2.39. The van der Waals surface area contributed by atoms with E-state index in [2.05, 4.69) is 22.5 Å². The van der Waals surface area contributed by atoms with Crippen molar-refractivity contribution in [2.75, 3.05) is 6.61 Å². The van der Waals surface area contributed by atoms with Crippen molar-refractivity contribution in [3.8, 4) is 0 Å². The van der Waals surface area contributed by atoms with Crippen molar-refractivity contribution < 1.29 is 35.8 Å². The highest BCUT2D eigenvalue weighted by molar-refractivity contribution is 9.10. The van der Waals surface area contributed by atoms with Gasteiger partial charge in [0.15, 0.2) is 6.29 Å². The van der Waals surface area contributed by atoms with E-state index in [1.807, 2.05) is 24.3 Å². The number of alkyl halides is 6. The van der Waals surface area contributed by atoms with Gasteiger partial charge in [-0.15, -0.1) is 6.58 Å². The van der Waals surface area contributed by atoms with Crippen molar-refractivity contribution in [3.05, 3.63) is 81.8 Å². The Hall–Kier alpha value is -1.84. The molecule has 1 saturated heterocycles. The molecule has 3 rings (SSSR count). The molecule has 2 nitrogen and oxygen atoms in total. The number of rotatable bonds is 5. The van der Waals surface area contributed by atoms with Crippen LogP contribution in [0.25, 0.3) is 0 Å². The van der Waals surface area contributed by atoms with E-state index in [0.717, 1.165) is 10.0 Å². The van der Waals surface area contributed by atoms with Gasteiger partial charge in [-0.1, -0.05) is 34.1 Å². The predicted octanol–water partition coefficient (Wildman–Crippen LogP) is 7.90. The maximum Gasteiger partial charge on any atom is 0.416 e. The Morgan fingerprint density at radius 3 is 2.22 bits per heavy atom. The number of hydrogen-bond acceptors (Lipinski definition) is 2. The monoisotopic (exact) mass is 522 g/mol. The van der Waals surface area contributed by atoms with Gasteiger partial charge in [-0.3, -0.25) is 0 Å². The normalized spacial score (nSPS) is 23.1. The van der Waals surface area contributed by atoms with Crippen LogP contribution in [0.2, 0.25) is 0 Å². The lowest BCUT2D eigenvalue weighted by molar-refractivity contribution is -0.205. The van der Waals surface area contributed by atoms with Crippen molar-refractivity contribution in [2.45, 2.75) is 44.0 Å². The summed E-state index contributed by atoms with van der Waals surface area (Å²) in [6, 6.07) is 8.89. The summed E-state index contributed by atoms with van der Waals surface area (Å²) in [6.07, 6.45) is -9.38. The zero-order valence-corrected chi connectivity index (χ0v) is 18.6. The van der Waals surface area contributed by atoms with Crippen molar-refractivity contribution >= 4 is 15.9 Å². The first-order chi connectivity index (χ1) is 14.9. The van der Waals surface area contributed by atoms with E-state index in [0.29, 0.717) is 25.2 Å². The Bertz CT molecular complexity index is 924. The Morgan fingerprint density at radius 1 is 1.06 bits per heavy atom. The molecule has 0 amide bonds. The zero-order valence-electron chi connectivity index (χ0n) is 17.0. The molecule has 0 N–H and O–H groups in total.